The van der Waals surface area contributed by atoms with E-state index in [9.17, 15) is 9.59 Å². The molecule has 9 heavy (non-hydrogen) atoms. The lowest BCUT2D eigenvalue weighted by atomic mass is 10.2. The predicted molar refractivity (Wildman–Crippen MR) is 37.2 cm³/mol. The summed E-state index contributed by atoms with van der Waals surface area (Å²) >= 11 is 2.84. The van der Waals surface area contributed by atoms with Crippen molar-refractivity contribution < 1.29 is 9.59 Å². The summed E-state index contributed by atoms with van der Waals surface area (Å²) in [5, 5.41) is 0. The summed E-state index contributed by atoms with van der Waals surface area (Å²) in [6, 6.07) is 0. The summed E-state index contributed by atoms with van der Waals surface area (Å²) in [6.45, 7) is 1.68. The van der Waals surface area contributed by atoms with Crippen LogP contribution < -0.4 is 5.73 Å². The van der Waals surface area contributed by atoms with Gasteiger partial charge < -0.3 is 5.73 Å². The van der Waals surface area contributed by atoms with Gasteiger partial charge in [0.05, 0.1) is 0 Å². The van der Waals surface area contributed by atoms with Crippen LogP contribution in [0.25, 0.3) is 0 Å². The maximum Gasteiger partial charge on any atom is 0.238 e. The van der Waals surface area contributed by atoms with Gasteiger partial charge in [-0.25, -0.2) is 0 Å². The Morgan fingerprint density at radius 3 is 2.22 bits per heavy atom. The topological polar surface area (TPSA) is 60.2 Å². The molecule has 0 saturated carbocycles. The van der Waals surface area contributed by atoms with E-state index in [0.717, 1.165) is 0 Å². The Balaban J connectivity index is 3.88. The van der Waals surface area contributed by atoms with Gasteiger partial charge in [0.25, 0.3) is 0 Å². The van der Waals surface area contributed by atoms with Gasteiger partial charge in [0.2, 0.25) is 5.91 Å². The number of alkyl halides is 1. The van der Waals surface area contributed by atoms with Crippen LogP contribution in [0.4, 0.5) is 0 Å². The summed E-state index contributed by atoms with van der Waals surface area (Å²) in [4.78, 5) is 20.1. The largest absolute Gasteiger partial charge is 0.368 e. The molecule has 0 rings (SSSR count). The van der Waals surface area contributed by atoms with Crippen molar-refractivity contribution in [1.82, 2.24) is 0 Å². The molecule has 2 N–H and O–H groups in total. The molecule has 1 amide bonds. The highest BCUT2D eigenvalue weighted by Gasteiger charge is 2.17. The number of hydrogen-bond acceptors (Lipinski definition) is 2. The molecular weight excluding hydrogens is 186 g/mol. The highest BCUT2D eigenvalue weighted by atomic mass is 79.9. The molecule has 0 aliphatic rings. The van der Waals surface area contributed by atoms with Crippen LogP contribution in [-0.4, -0.2) is 16.5 Å². The SMILES string of the molecule is CCC(=O)C(Br)C(N)=O. The summed E-state index contributed by atoms with van der Waals surface area (Å²) in [7, 11) is 0. The van der Waals surface area contributed by atoms with Crippen molar-refractivity contribution in [1.29, 1.82) is 0 Å². The molecule has 1 atom stereocenters. The molecule has 0 spiro atoms. The summed E-state index contributed by atoms with van der Waals surface area (Å²) in [5.41, 5.74) is 4.81. The molecular formula is C5H8BrNO2. The number of halogens is 1. The molecule has 3 nitrogen and oxygen atoms in total. The summed E-state index contributed by atoms with van der Waals surface area (Å²) in [5.74, 6) is -0.802. The van der Waals surface area contributed by atoms with Crippen LogP contribution in [0.2, 0.25) is 0 Å². The standard InChI is InChI=1S/C5H8BrNO2/c1-2-3(8)4(6)5(7)9/h4H,2H2,1H3,(H2,7,9). The fourth-order valence-electron chi connectivity index (χ4n) is 0.338. The van der Waals surface area contributed by atoms with Gasteiger partial charge in [0, 0.05) is 6.42 Å². The fourth-order valence-corrected chi connectivity index (χ4v) is 0.662. The van der Waals surface area contributed by atoms with E-state index >= 15 is 0 Å². The zero-order valence-corrected chi connectivity index (χ0v) is 6.64. The number of carbonyl (C=O) groups is 2. The van der Waals surface area contributed by atoms with Gasteiger partial charge in [0.1, 0.15) is 0 Å². The predicted octanol–water partition coefficient (Wildman–Crippen LogP) is 0.214. The number of ketones is 1. The number of hydrogen-bond donors (Lipinski definition) is 1. The van der Waals surface area contributed by atoms with E-state index in [-0.39, 0.29) is 5.78 Å². The monoisotopic (exact) mass is 193 g/mol. The summed E-state index contributed by atoms with van der Waals surface area (Å²) < 4.78 is 0. The van der Waals surface area contributed by atoms with E-state index < -0.39 is 10.7 Å². The third kappa shape index (κ3) is 2.60. The van der Waals surface area contributed by atoms with Crippen LogP contribution in [0.3, 0.4) is 0 Å². The van der Waals surface area contributed by atoms with Crippen molar-refractivity contribution in [2.45, 2.75) is 18.2 Å². The van der Waals surface area contributed by atoms with Gasteiger partial charge in [0.15, 0.2) is 10.6 Å². The molecule has 0 radical (unpaired) electrons. The minimum absolute atomic E-state index is 0.178. The van der Waals surface area contributed by atoms with Crippen molar-refractivity contribution in [2.24, 2.45) is 5.73 Å². The molecule has 0 aliphatic heterocycles. The Hall–Kier alpha value is -0.380. The van der Waals surface area contributed by atoms with Gasteiger partial charge >= 0.3 is 0 Å². The van der Waals surface area contributed by atoms with Crippen molar-refractivity contribution in [2.75, 3.05) is 0 Å². The number of rotatable bonds is 3. The van der Waals surface area contributed by atoms with Gasteiger partial charge in [-0.2, -0.15) is 0 Å². The number of primary amides is 1. The maximum absolute atomic E-state index is 10.6. The summed E-state index contributed by atoms with van der Waals surface area (Å²) in [6.07, 6.45) is 0.332. The van der Waals surface area contributed by atoms with E-state index in [1.165, 1.54) is 0 Å². The van der Waals surface area contributed by atoms with Crippen LogP contribution in [-0.2, 0) is 9.59 Å². The van der Waals surface area contributed by atoms with Crippen molar-refractivity contribution in [3.05, 3.63) is 0 Å². The Labute approximate surface area is 61.7 Å². The lowest BCUT2D eigenvalue weighted by Gasteiger charge is -1.99. The maximum atomic E-state index is 10.6. The van der Waals surface area contributed by atoms with Crippen LogP contribution in [0.5, 0.6) is 0 Å². The number of carbonyl (C=O) groups excluding carboxylic acids is 2. The third-order valence-electron chi connectivity index (χ3n) is 0.881. The minimum atomic E-state index is -0.803. The number of amides is 1. The first-order valence-corrected chi connectivity index (χ1v) is 3.47. The third-order valence-corrected chi connectivity index (χ3v) is 1.84. The second-order valence-corrected chi connectivity index (χ2v) is 2.50. The van der Waals surface area contributed by atoms with Crippen molar-refractivity contribution in [3.8, 4) is 0 Å². The van der Waals surface area contributed by atoms with Crippen LogP contribution >= 0.6 is 15.9 Å². The highest BCUT2D eigenvalue weighted by molar-refractivity contribution is 9.10. The molecule has 0 aromatic heterocycles. The lowest BCUT2D eigenvalue weighted by Crippen LogP contribution is -2.29. The number of nitrogens with two attached hydrogens (primary N) is 1. The normalized spacial score (nSPS) is 12.7. The van der Waals surface area contributed by atoms with Gasteiger partial charge in [-0.05, 0) is 0 Å². The van der Waals surface area contributed by atoms with Crippen LogP contribution in [0.1, 0.15) is 13.3 Å². The fraction of sp³-hybridized carbons (Fsp3) is 0.600. The molecule has 0 saturated heterocycles. The number of Topliss-reactive ketones (excluding diaryl/α,β-unsaturated/α-hetero) is 1. The first-order valence-electron chi connectivity index (χ1n) is 2.55. The molecule has 0 fully saturated rings. The Kier molecular flexibility index (Phi) is 3.46. The second-order valence-electron chi connectivity index (χ2n) is 1.58. The Morgan fingerprint density at radius 2 is 2.11 bits per heavy atom. The van der Waals surface area contributed by atoms with Gasteiger partial charge in [-0.1, -0.05) is 22.9 Å². The van der Waals surface area contributed by atoms with E-state index in [4.69, 9.17) is 5.73 Å². The van der Waals surface area contributed by atoms with Gasteiger partial charge in [-0.3, -0.25) is 9.59 Å². The van der Waals surface area contributed by atoms with Crippen molar-refractivity contribution >= 4 is 27.6 Å². The molecule has 0 aliphatic carbocycles. The van der Waals surface area contributed by atoms with Crippen molar-refractivity contribution in [3.63, 3.8) is 0 Å². The average molecular weight is 194 g/mol. The second kappa shape index (κ2) is 3.61. The smallest absolute Gasteiger partial charge is 0.238 e. The molecule has 0 aromatic rings. The van der Waals surface area contributed by atoms with E-state index in [2.05, 4.69) is 15.9 Å². The molecule has 0 aromatic carbocycles. The van der Waals surface area contributed by atoms with E-state index in [1.807, 2.05) is 0 Å². The first kappa shape index (κ1) is 8.62. The molecule has 1 unspecified atom stereocenters. The first-order chi connectivity index (χ1) is 4.09. The zero-order valence-electron chi connectivity index (χ0n) is 5.06. The molecule has 0 heterocycles. The van der Waals surface area contributed by atoms with E-state index in [1.54, 1.807) is 6.92 Å². The molecule has 0 bridgehead atoms. The Morgan fingerprint density at radius 1 is 1.67 bits per heavy atom. The molecule has 4 heteroatoms. The highest BCUT2D eigenvalue weighted by Crippen LogP contribution is 2.01. The van der Waals surface area contributed by atoms with Crippen LogP contribution in [0, 0.1) is 0 Å². The zero-order chi connectivity index (χ0) is 7.44. The minimum Gasteiger partial charge on any atom is -0.368 e. The average Bonchev–Trinajstić information content (AvgIpc) is 1.84. The quantitative estimate of drug-likeness (QED) is 0.515. The van der Waals surface area contributed by atoms with Crippen LogP contribution in [0.15, 0.2) is 0 Å². The molecule has 52 valence electrons. The van der Waals surface area contributed by atoms with Gasteiger partial charge in [-0.15, -0.1) is 0 Å². The Bertz CT molecular complexity index is 135. The lowest BCUT2D eigenvalue weighted by molar-refractivity contribution is -0.125. The van der Waals surface area contributed by atoms with E-state index in [0.29, 0.717) is 6.42 Å².